The summed E-state index contributed by atoms with van der Waals surface area (Å²) < 4.78 is 10.4. The smallest absolute Gasteiger partial charge is 0.146 e. The molecule has 120 valence electrons. The number of benzene rings is 1. The summed E-state index contributed by atoms with van der Waals surface area (Å²) in [6.07, 6.45) is 4.17. The second-order valence-corrected chi connectivity index (χ2v) is 5.88. The van der Waals surface area contributed by atoms with E-state index < -0.39 is 0 Å². The molecule has 23 heavy (non-hydrogen) atoms. The van der Waals surface area contributed by atoms with Gasteiger partial charge in [0.2, 0.25) is 0 Å². The summed E-state index contributed by atoms with van der Waals surface area (Å²) in [5.41, 5.74) is 3.72. The number of aryl methyl sites for hydroxylation is 1. The highest BCUT2D eigenvalue weighted by Crippen LogP contribution is 2.27. The van der Waals surface area contributed by atoms with Crippen molar-refractivity contribution in [3.63, 3.8) is 0 Å². The SMILES string of the molecule is Cc1cc(C#CC2CC2)ccc1/C(C=NC1COCOC1)=N/N. The van der Waals surface area contributed by atoms with Gasteiger partial charge in [-0.05, 0) is 37.5 Å². The zero-order valence-corrected chi connectivity index (χ0v) is 13.3. The van der Waals surface area contributed by atoms with Gasteiger partial charge in [0.05, 0.1) is 19.3 Å². The zero-order chi connectivity index (χ0) is 16.1. The molecule has 0 atom stereocenters. The molecule has 3 rings (SSSR count). The van der Waals surface area contributed by atoms with Crippen LogP contribution in [0, 0.1) is 24.7 Å². The summed E-state index contributed by atoms with van der Waals surface area (Å²) in [4.78, 5) is 4.45. The number of nitrogens with two attached hydrogens (primary N) is 1. The molecule has 2 aliphatic rings. The Balaban J connectivity index is 1.73. The van der Waals surface area contributed by atoms with E-state index in [-0.39, 0.29) is 6.04 Å². The lowest BCUT2D eigenvalue weighted by molar-refractivity contribution is -0.105. The van der Waals surface area contributed by atoms with Gasteiger partial charge >= 0.3 is 0 Å². The van der Waals surface area contributed by atoms with Crippen molar-refractivity contribution >= 4 is 11.9 Å². The molecular formula is C18H21N3O2. The first-order chi connectivity index (χ1) is 11.3. The average Bonchev–Trinajstić information content (AvgIpc) is 3.40. The number of hydrogen-bond acceptors (Lipinski definition) is 5. The minimum absolute atomic E-state index is 0.00973. The van der Waals surface area contributed by atoms with Gasteiger partial charge < -0.3 is 15.3 Å². The van der Waals surface area contributed by atoms with E-state index in [1.807, 2.05) is 19.1 Å². The van der Waals surface area contributed by atoms with Gasteiger partial charge in [0.15, 0.2) is 0 Å². The second kappa shape index (κ2) is 7.40. The Morgan fingerprint density at radius 1 is 1.30 bits per heavy atom. The third-order valence-corrected chi connectivity index (χ3v) is 3.83. The highest BCUT2D eigenvalue weighted by atomic mass is 16.7. The maximum atomic E-state index is 5.54. The maximum Gasteiger partial charge on any atom is 0.146 e. The van der Waals surface area contributed by atoms with Crippen LogP contribution in [0.3, 0.4) is 0 Å². The Bertz CT molecular complexity index is 675. The highest BCUT2D eigenvalue weighted by molar-refractivity contribution is 6.38. The first-order valence-corrected chi connectivity index (χ1v) is 7.85. The molecule has 0 unspecified atom stereocenters. The molecule has 1 aliphatic heterocycles. The average molecular weight is 311 g/mol. The molecule has 0 aromatic heterocycles. The van der Waals surface area contributed by atoms with Gasteiger partial charge in [-0.2, -0.15) is 5.10 Å². The molecule has 1 heterocycles. The lowest BCUT2D eigenvalue weighted by Gasteiger charge is -2.18. The quantitative estimate of drug-likeness (QED) is 0.401. The van der Waals surface area contributed by atoms with Gasteiger partial charge in [-0.3, -0.25) is 4.99 Å². The van der Waals surface area contributed by atoms with E-state index >= 15 is 0 Å². The molecule has 0 amide bonds. The highest BCUT2D eigenvalue weighted by Gasteiger charge is 2.17. The molecular weight excluding hydrogens is 290 g/mol. The Labute approximate surface area is 136 Å². The van der Waals surface area contributed by atoms with Crippen molar-refractivity contribution in [1.82, 2.24) is 0 Å². The van der Waals surface area contributed by atoms with Crippen molar-refractivity contribution in [2.24, 2.45) is 21.9 Å². The summed E-state index contributed by atoms with van der Waals surface area (Å²) in [5.74, 6) is 12.6. The van der Waals surface area contributed by atoms with Crippen molar-refractivity contribution in [2.75, 3.05) is 20.0 Å². The molecule has 0 bridgehead atoms. The molecule has 1 aliphatic carbocycles. The lowest BCUT2D eigenvalue weighted by Crippen LogP contribution is -2.28. The molecule has 1 saturated heterocycles. The van der Waals surface area contributed by atoms with E-state index in [9.17, 15) is 0 Å². The van der Waals surface area contributed by atoms with E-state index in [1.165, 1.54) is 12.8 Å². The minimum atomic E-state index is -0.00973. The fraction of sp³-hybridized carbons (Fsp3) is 0.444. The number of nitrogens with zero attached hydrogens (tertiary/aromatic N) is 2. The second-order valence-electron chi connectivity index (χ2n) is 5.88. The predicted molar refractivity (Wildman–Crippen MR) is 90.6 cm³/mol. The van der Waals surface area contributed by atoms with Crippen molar-refractivity contribution in [3.8, 4) is 11.8 Å². The number of ether oxygens (including phenoxy) is 2. The van der Waals surface area contributed by atoms with Crippen LogP contribution >= 0.6 is 0 Å². The van der Waals surface area contributed by atoms with Crippen LogP contribution in [0.4, 0.5) is 0 Å². The molecule has 5 heteroatoms. The molecule has 0 spiro atoms. The number of hydrazone groups is 1. The lowest BCUT2D eigenvalue weighted by atomic mass is 10.0. The monoisotopic (exact) mass is 311 g/mol. The van der Waals surface area contributed by atoms with Crippen molar-refractivity contribution < 1.29 is 9.47 Å². The summed E-state index contributed by atoms with van der Waals surface area (Å²) in [7, 11) is 0. The number of hydrogen-bond donors (Lipinski definition) is 1. The molecule has 2 fully saturated rings. The van der Waals surface area contributed by atoms with Crippen LogP contribution in [-0.2, 0) is 9.47 Å². The van der Waals surface area contributed by atoms with E-state index in [2.05, 4.69) is 28.0 Å². The third kappa shape index (κ3) is 4.41. The van der Waals surface area contributed by atoms with Gasteiger partial charge in [-0.1, -0.05) is 17.9 Å². The zero-order valence-electron chi connectivity index (χ0n) is 13.3. The minimum Gasteiger partial charge on any atom is -0.353 e. The van der Waals surface area contributed by atoms with E-state index in [0.29, 0.717) is 31.6 Å². The fourth-order valence-corrected chi connectivity index (χ4v) is 2.35. The van der Waals surface area contributed by atoms with Crippen LogP contribution < -0.4 is 5.84 Å². The van der Waals surface area contributed by atoms with E-state index in [4.69, 9.17) is 15.3 Å². The van der Waals surface area contributed by atoms with E-state index in [1.54, 1.807) is 6.21 Å². The number of rotatable bonds is 3. The molecule has 2 N–H and O–H groups in total. The summed E-state index contributed by atoms with van der Waals surface area (Å²) in [5, 5.41) is 3.87. The standard InChI is InChI=1S/C18H21N3O2/c1-13-8-15(5-4-14-2-3-14)6-7-17(13)18(21-19)9-20-16-10-22-12-23-11-16/h6-9,14,16H,2-3,10-12,19H2,1H3/b20-9?,21-18+. The van der Waals surface area contributed by atoms with Crippen LogP contribution in [0.1, 0.15) is 29.5 Å². The summed E-state index contributed by atoms with van der Waals surface area (Å²) in [6.45, 7) is 3.49. The first kappa shape index (κ1) is 15.7. The molecule has 5 nitrogen and oxygen atoms in total. The summed E-state index contributed by atoms with van der Waals surface area (Å²) in [6, 6.07) is 6.06. The predicted octanol–water partition coefficient (Wildman–Crippen LogP) is 1.86. The normalized spacial score (nSPS) is 19.6. The molecule has 1 aromatic carbocycles. The van der Waals surface area contributed by atoms with Crippen LogP contribution in [0.5, 0.6) is 0 Å². The molecule has 1 aromatic rings. The topological polar surface area (TPSA) is 69.2 Å². The van der Waals surface area contributed by atoms with Crippen molar-refractivity contribution in [1.29, 1.82) is 0 Å². The molecule has 1 saturated carbocycles. The van der Waals surface area contributed by atoms with Gasteiger partial charge in [0, 0.05) is 23.3 Å². The maximum absolute atomic E-state index is 5.54. The summed E-state index contributed by atoms with van der Waals surface area (Å²) >= 11 is 0. The third-order valence-electron chi connectivity index (χ3n) is 3.83. The first-order valence-electron chi connectivity index (χ1n) is 7.85. The molecule has 0 radical (unpaired) electrons. The van der Waals surface area contributed by atoms with Crippen LogP contribution in [0.2, 0.25) is 0 Å². The van der Waals surface area contributed by atoms with Gasteiger partial charge in [0.1, 0.15) is 12.5 Å². The van der Waals surface area contributed by atoms with Crippen LogP contribution in [0.25, 0.3) is 0 Å². The van der Waals surface area contributed by atoms with Crippen LogP contribution in [-0.4, -0.2) is 38.0 Å². The van der Waals surface area contributed by atoms with E-state index in [0.717, 1.165) is 16.7 Å². The van der Waals surface area contributed by atoms with Crippen molar-refractivity contribution in [2.45, 2.75) is 25.8 Å². The van der Waals surface area contributed by atoms with Gasteiger partial charge in [-0.25, -0.2) is 0 Å². The Kier molecular flexibility index (Phi) is 5.06. The Morgan fingerprint density at radius 2 is 2.09 bits per heavy atom. The fourth-order valence-electron chi connectivity index (χ4n) is 2.35. The van der Waals surface area contributed by atoms with Gasteiger partial charge in [0.25, 0.3) is 0 Å². The van der Waals surface area contributed by atoms with Crippen molar-refractivity contribution in [3.05, 3.63) is 34.9 Å². The largest absolute Gasteiger partial charge is 0.353 e. The number of aliphatic imine (C=N–C) groups is 1. The van der Waals surface area contributed by atoms with Crippen LogP contribution in [0.15, 0.2) is 28.3 Å². The van der Waals surface area contributed by atoms with Gasteiger partial charge in [-0.15, -0.1) is 0 Å². The Hall–Kier alpha value is -2.16. The Morgan fingerprint density at radius 3 is 2.74 bits per heavy atom.